The number of anilines is 1. The number of carbonyl (C=O) groups is 3. The van der Waals surface area contributed by atoms with Crippen LogP contribution in [0.4, 0.5) is 5.69 Å². The monoisotopic (exact) mass is 332 g/mol. The second-order valence-corrected chi connectivity index (χ2v) is 6.33. The minimum Gasteiger partial charge on any atom is -0.479 e. The van der Waals surface area contributed by atoms with Crippen molar-refractivity contribution in [1.29, 1.82) is 0 Å². The number of hydrogen-bond acceptors (Lipinski definition) is 4. The fourth-order valence-electron chi connectivity index (χ4n) is 2.78. The number of aliphatic carboxylic acids is 1. The molecule has 2 fully saturated rings. The van der Waals surface area contributed by atoms with Crippen molar-refractivity contribution in [3.8, 4) is 0 Å². The highest BCUT2D eigenvalue weighted by Gasteiger charge is 2.39. The van der Waals surface area contributed by atoms with Gasteiger partial charge in [-0.3, -0.25) is 9.59 Å². The normalized spacial score (nSPS) is 25.9. The van der Waals surface area contributed by atoms with E-state index >= 15 is 0 Å². The van der Waals surface area contributed by atoms with Crippen LogP contribution >= 0.6 is 0 Å². The summed E-state index contributed by atoms with van der Waals surface area (Å²) in [6, 6.07) is 6.65. The molecular formula is C17H20N2O5. The lowest BCUT2D eigenvalue weighted by Crippen LogP contribution is -2.48. The summed E-state index contributed by atoms with van der Waals surface area (Å²) >= 11 is 0. The summed E-state index contributed by atoms with van der Waals surface area (Å²) in [5.74, 6) is -0.765. The number of morpholine rings is 1. The van der Waals surface area contributed by atoms with Gasteiger partial charge in [0.15, 0.2) is 6.10 Å². The molecule has 2 amide bonds. The predicted octanol–water partition coefficient (Wildman–Crippen LogP) is 1.21. The molecule has 0 bridgehead atoms. The van der Waals surface area contributed by atoms with Crippen LogP contribution in [-0.2, 0) is 14.3 Å². The molecule has 0 aromatic heterocycles. The number of nitrogens with one attached hydrogen (secondary N) is 1. The average molecular weight is 332 g/mol. The Morgan fingerprint density at radius 2 is 1.92 bits per heavy atom. The van der Waals surface area contributed by atoms with Crippen LogP contribution in [0.2, 0.25) is 0 Å². The van der Waals surface area contributed by atoms with Crippen molar-refractivity contribution in [2.45, 2.75) is 19.4 Å². The molecule has 1 aromatic carbocycles. The number of benzene rings is 1. The zero-order valence-corrected chi connectivity index (χ0v) is 13.4. The molecule has 7 nitrogen and oxygen atoms in total. The van der Waals surface area contributed by atoms with Crippen molar-refractivity contribution < 1.29 is 24.2 Å². The Hall–Kier alpha value is -2.41. The van der Waals surface area contributed by atoms with Crippen molar-refractivity contribution in [1.82, 2.24) is 4.90 Å². The SMILES string of the molecule is CC1CC1C(=O)Nc1ccc(C(=O)N2CCOC(C(=O)O)C2)cc1. The predicted molar refractivity (Wildman–Crippen MR) is 85.6 cm³/mol. The number of carboxylic acid groups (broad SMARTS) is 1. The van der Waals surface area contributed by atoms with Crippen LogP contribution in [0.25, 0.3) is 0 Å². The van der Waals surface area contributed by atoms with Gasteiger partial charge in [-0.25, -0.2) is 4.79 Å². The van der Waals surface area contributed by atoms with E-state index in [1.807, 2.05) is 6.92 Å². The summed E-state index contributed by atoms with van der Waals surface area (Å²) in [4.78, 5) is 36.8. The van der Waals surface area contributed by atoms with Gasteiger partial charge in [0.25, 0.3) is 5.91 Å². The molecule has 3 atom stereocenters. The van der Waals surface area contributed by atoms with Gasteiger partial charge in [-0.05, 0) is 36.6 Å². The Kier molecular flexibility index (Phi) is 4.53. The highest BCUT2D eigenvalue weighted by atomic mass is 16.5. The first-order valence-electron chi connectivity index (χ1n) is 8.00. The first-order chi connectivity index (χ1) is 11.5. The largest absolute Gasteiger partial charge is 0.479 e. The van der Waals surface area contributed by atoms with Gasteiger partial charge in [-0.1, -0.05) is 6.92 Å². The molecule has 7 heteroatoms. The topological polar surface area (TPSA) is 95.9 Å². The van der Waals surface area contributed by atoms with E-state index < -0.39 is 12.1 Å². The quantitative estimate of drug-likeness (QED) is 0.864. The van der Waals surface area contributed by atoms with Crippen LogP contribution in [0.3, 0.4) is 0 Å². The molecule has 1 aliphatic heterocycles. The highest BCUT2D eigenvalue weighted by molar-refractivity contribution is 5.97. The molecule has 1 saturated heterocycles. The standard InChI is InChI=1S/C17H20N2O5/c1-10-8-13(10)15(20)18-12-4-2-11(3-5-12)16(21)19-6-7-24-14(9-19)17(22)23/h2-5,10,13-14H,6-9H2,1H3,(H,18,20)(H,22,23). The van der Waals surface area contributed by atoms with Crippen molar-refractivity contribution in [3.63, 3.8) is 0 Å². The third kappa shape index (κ3) is 3.56. The van der Waals surface area contributed by atoms with Gasteiger partial charge < -0.3 is 20.1 Å². The second-order valence-electron chi connectivity index (χ2n) is 6.33. The van der Waals surface area contributed by atoms with Crippen LogP contribution in [-0.4, -0.2) is 53.6 Å². The first-order valence-corrected chi connectivity index (χ1v) is 8.00. The molecular weight excluding hydrogens is 312 g/mol. The molecule has 0 spiro atoms. The lowest BCUT2D eigenvalue weighted by Gasteiger charge is -2.30. The lowest BCUT2D eigenvalue weighted by molar-refractivity contribution is -0.154. The minimum absolute atomic E-state index is 0.0130. The summed E-state index contributed by atoms with van der Waals surface area (Å²) < 4.78 is 5.11. The molecule has 1 heterocycles. The van der Waals surface area contributed by atoms with Gasteiger partial charge in [0.05, 0.1) is 13.2 Å². The Morgan fingerprint density at radius 1 is 1.25 bits per heavy atom. The summed E-state index contributed by atoms with van der Waals surface area (Å²) in [6.45, 7) is 2.64. The number of rotatable bonds is 4. The van der Waals surface area contributed by atoms with E-state index in [1.54, 1.807) is 24.3 Å². The van der Waals surface area contributed by atoms with Crippen molar-refractivity contribution in [2.75, 3.05) is 25.0 Å². The molecule has 1 saturated carbocycles. The third-order valence-corrected chi connectivity index (χ3v) is 4.47. The fourth-order valence-corrected chi connectivity index (χ4v) is 2.78. The smallest absolute Gasteiger partial charge is 0.334 e. The van der Waals surface area contributed by atoms with Crippen molar-refractivity contribution in [3.05, 3.63) is 29.8 Å². The Balaban J connectivity index is 1.61. The van der Waals surface area contributed by atoms with Gasteiger partial charge in [-0.2, -0.15) is 0 Å². The maximum atomic E-state index is 12.5. The van der Waals surface area contributed by atoms with E-state index in [0.717, 1.165) is 6.42 Å². The molecule has 2 aliphatic rings. The van der Waals surface area contributed by atoms with Gasteiger partial charge in [-0.15, -0.1) is 0 Å². The van der Waals surface area contributed by atoms with Gasteiger partial charge in [0.2, 0.25) is 5.91 Å². The Bertz CT molecular complexity index is 657. The maximum absolute atomic E-state index is 12.5. The van der Waals surface area contributed by atoms with Crippen molar-refractivity contribution in [2.24, 2.45) is 11.8 Å². The number of nitrogens with zero attached hydrogens (tertiary/aromatic N) is 1. The van der Waals surface area contributed by atoms with Crippen LogP contribution in [0.15, 0.2) is 24.3 Å². The summed E-state index contributed by atoms with van der Waals surface area (Å²) in [6.07, 6.45) is -0.0636. The van der Waals surface area contributed by atoms with E-state index in [4.69, 9.17) is 9.84 Å². The number of carboxylic acids is 1. The highest BCUT2D eigenvalue weighted by Crippen LogP contribution is 2.38. The van der Waals surface area contributed by atoms with Crippen LogP contribution in [0.5, 0.6) is 0 Å². The number of hydrogen-bond donors (Lipinski definition) is 2. The number of carbonyl (C=O) groups excluding carboxylic acids is 2. The van der Waals surface area contributed by atoms with Crippen LogP contribution in [0, 0.1) is 11.8 Å². The number of ether oxygens (including phenoxy) is 1. The fraction of sp³-hybridized carbons (Fsp3) is 0.471. The van der Waals surface area contributed by atoms with Crippen LogP contribution < -0.4 is 5.32 Å². The maximum Gasteiger partial charge on any atom is 0.334 e. The lowest BCUT2D eigenvalue weighted by atomic mass is 10.1. The number of amides is 2. The molecule has 0 radical (unpaired) electrons. The minimum atomic E-state index is -1.07. The van der Waals surface area contributed by atoms with E-state index in [9.17, 15) is 14.4 Å². The Morgan fingerprint density at radius 3 is 2.50 bits per heavy atom. The van der Waals surface area contributed by atoms with Gasteiger partial charge >= 0.3 is 5.97 Å². The molecule has 128 valence electrons. The molecule has 3 rings (SSSR count). The third-order valence-electron chi connectivity index (χ3n) is 4.47. The van der Waals surface area contributed by atoms with Crippen molar-refractivity contribution >= 4 is 23.5 Å². The van der Waals surface area contributed by atoms with Gasteiger partial charge in [0, 0.05) is 23.7 Å². The molecule has 2 N–H and O–H groups in total. The molecule has 1 aliphatic carbocycles. The average Bonchev–Trinajstić information content (AvgIpc) is 3.32. The van der Waals surface area contributed by atoms with E-state index in [0.29, 0.717) is 23.7 Å². The Labute approximate surface area is 139 Å². The van der Waals surface area contributed by atoms with Gasteiger partial charge in [0.1, 0.15) is 0 Å². The summed E-state index contributed by atoms with van der Waals surface area (Å²) in [5, 5.41) is 11.8. The summed E-state index contributed by atoms with van der Waals surface area (Å²) in [7, 11) is 0. The molecule has 3 unspecified atom stereocenters. The first kappa shape index (κ1) is 16.4. The van der Waals surface area contributed by atoms with E-state index in [-0.39, 0.29) is 30.9 Å². The molecule has 24 heavy (non-hydrogen) atoms. The second kappa shape index (κ2) is 6.60. The summed E-state index contributed by atoms with van der Waals surface area (Å²) in [5.41, 5.74) is 1.11. The van der Waals surface area contributed by atoms with Crippen LogP contribution in [0.1, 0.15) is 23.7 Å². The molecule has 1 aromatic rings. The van der Waals surface area contributed by atoms with E-state index in [2.05, 4.69) is 5.32 Å². The zero-order chi connectivity index (χ0) is 17.3. The zero-order valence-electron chi connectivity index (χ0n) is 13.4. The van der Waals surface area contributed by atoms with E-state index in [1.165, 1.54) is 4.90 Å².